The Hall–Kier alpha value is -0.580. The van der Waals surface area contributed by atoms with Crippen molar-refractivity contribution in [1.29, 1.82) is 0 Å². The third-order valence-corrected chi connectivity index (χ3v) is 3.58. The number of amides is 1. The van der Waals surface area contributed by atoms with E-state index in [0.717, 1.165) is 24.0 Å². The fraction of sp³-hybridized carbons (Fsp3) is 0.417. The maximum atomic E-state index is 12.1. The van der Waals surface area contributed by atoms with Crippen molar-refractivity contribution < 1.29 is 4.79 Å². The monoisotopic (exact) mass is 316 g/mol. The van der Waals surface area contributed by atoms with Crippen molar-refractivity contribution in [3.8, 4) is 0 Å². The van der Waals surface area contributed by atoms with Gasteiger partial charge in [-0.2, -0.15) is 0 Å². The zero-order valence-corrected chi connectivity index (χ0v) is 11.9. The maximum absolute atomic E-state index is 12.1. The third-order valence-electron chi connectivity index (χ3n) is 2.91. The molecule has 2 rings (SSSR count). The molecule has 1 unspecified atom stereocenters. The molecule has 92 valence electrons. The Kier molecular flexibility index (Phi) is 3.76. The lowest BCUT2D eigenvalue weighted by atomic mass is 10.0. The van der Waals surface area contributed by atoms with Gasteiger partial charge in [-0.25, -0.2) is 0 Å². The molecule has 0 spiro atoms. The normalized spacial score (nSPS) is 23.7. The first-order chi connectivity index (χ1) is 7.98. The molecule has 5 heteroatoms. The molecule has 0 saturated carbocycles. The number of benzene rings is 1. The summed E-state index contributed by atoms with van der Waals surface area (Å²) in [4.78, 5) is 12.1. The Morgan fingerprint density at radius 1 is 1.53 bits per heavy atom. The van der Waals surface area contributed by atoms with E-state index in [9.17, 15) is 4.79 Å². The predicted octanol–water partition coefficient (Wildman–Crippen LogP) is 2.58. The molecule has 1 aromatic rings. The molecular formula is C12H14BrClN2O. The quantitative estimate of drug-likeness (QED) is 0.880. The number of nitrogens with one attached hydrogen (secondary N) is 2. The molecule has 17 heavy (non-hydrogen) atoms. The molecule has 0 aliphatic carbocycles. The first kappa shape index (κ1) is 12.9. The summed E-state index contributed by atoms with van der Waals surface area (Å²) in [5.74, 6) is -0.0839. The summed E-state index contributed by atoms with van der Waals surface area (Å²) in [6, 6.07) is 5.21. The fourth-order valence-corrected chi connectivity index (χ4v) is 2.81. The Bertz CT molecular complexity index is 424. The Labute approximate surface area is 114 Å². The van der Waals surface area contributed by atoms with E-state index in [1.807, 2.05) is 6.92 Å². The van der Waals surface area contributed by atoms with Gasteiger partial charge >= 0.3 is 0 Å². The number of hydrogen-bond donors (Lipinski definition) is 2. The SMILES string of the molecule is CC1(NC(=O)c2cc(Cl)cc(Br)c2)CCNC1. The zero-order valence-electron chi connectivity index (χ0n) is 9.52. The van der Waals surface area contributed by atoms with Crippen LogP contribution in [-0.2, 0) is 0 Å². The van der Waals surface area contributed by atoms with Gasteiger partial charge in [-0.05, 0) is 38.1 Å². The number of carbonyl (C=O) groups excluding carboxylic acids is 1. The molecule has 3 nitrogen and oxygen atoms in total. The summed E-state index contributed by atoms with van der Waals surface area (Å²) in [5, 5.41) is 6.84. The number of halogens is 2. The van der Waals surface area contributed by atoms with Crippen LogP contribution in [0, 0.1) is 0 Å². The standard InChI is InChI=1S/C12H14BrClN2O/c1-12(2-3-15-7-12)16-11(17)8-4-9(13)6-10(14)5-8/h4-6,15H,2-3,7H2,1H3,(H,16,17). The number of rotatable bonds is 2. The van der Waals surface area contributed by atoms with E-state index in [-0.39, 0.29) is 11.4 Å². The van der Waals surface area contributed by atoms with Gasteiger partial charge in [0.15, 0.2) is 0 Å². The molecule has 1 fully saturated rings. The highest BCUT2D eigenvalue weighted by Gasteiger charge is 2.30. The average Bonchev–Trinajstić information content (AvgIpc) is 2.63. The van der Waals surface area contributed by atoms with Gasteiger partial charge in [0, 0.05) is 21.6 Å². The summed E-state index contributed by atoms with van der Waals surface area (Å²) in [5.41, 5.74) is 0.420. The van der Waals surface area contributed by atoms with Gasteiger partial charge in [-0.1, -0.05) is 27.5 Å². The molecule has 1 aromatic carbocycles. The number of carbonyl (C=O) groups is 1. The summed E-state index contributed by atoms with van der Waals surface area (Å²) in [6.07, 6.45) is 0.945. The first-order valence-corrected chi connectivity index (χ1v) is 6.65. The van der Waals surface area contributed by atoms with Crippen LogP contribution in [0.5, 0.6) is 0 Å². The first-order valence-electron chi connectivity index (χ1n) is 5.48. The molecule has 2 N–H and O–H groups in total. The summed E-state index contributed by atoms with van der Waals surface area (Å²) >= 11 is 9.25. The molecule has 1 aliphatic rings. The van der Waals surface area contributed by atoms with Crippen LogP contribution in [0.3, 0.4) is 0 Å². The van der Waals surface area contributed by atoms with E-state index in [1.54, 1.807) is 18.2 Å². The Balaban J connectivity index is 2.14. The smallest absolute Gasteiger partial charge is 0.251 e. The summed E-state index contributed by atoms with van der Waals surface area (Å²) < 4.78 is 0.810. The van der Waals surface area contributed by atoms with Crippen LogP contribution in [0.15, 0.2) is 22.7 Å². The van der Waals surface area contributed by atoms with Gasteiger partial charge in [0.2, 0.25) is 0 Å². The molecule has 1 aliphatic heterocycles. The van der Waals surface area contributed by atoms with Crippen molar-refractivity contribution in [2.75, 3.05) is 13.1 Å². The van der Waals surface area contributed by atoms with Crippen LogP contribution in [0.25, 0.3) is 0 Å². The molecule has 1 heterocycles. The van der Waals surface area contributed by atoms with Crippen molar-refractivity contribution >= 4 is 33.4 Å². The second kappa shape index (κ2) is 4.96. The Morgan fingerprint density at radius 2 is 2.29 bits per heavy atom. The molecule has 0 radical (unpaired) electrons. The highest BCUT2D eigenvalue weighted by molar-refractivity contribution is 9.10. The van der Waals surface area contributed by atoms with Crippen LogP contribution in [-0.4, -0.2) is 24.5 Å². The average molecular weight is 318 g/mol. The lowest BCUT2D eigenvalue weighted by Gasteiger charge is -2.24. The predicted molar refractivity (Wildman–Crippen MR) is 72.5 cm³/mol. The van der Waals surface area contributed by atoms with Crippen LogP contribution in [0.2, 0.25) is 5.02 Å². The molecular weight excluding hydrogens is 304 g/mol. The molecule has 0 bridgehead atoms. The fourth-order valence-electron chi connectivity index (χ4n) is 1.95. The molecule has 0 aromatic heterocycles. The van der Waals surface area contributed by atoms with Crippen molar-refractivity contribution in [3.05, 3.63) is 33.3 Å². The van der Waals surface area contributed by atoms with Crippen molar-refractivity contribution in [2.45, 2.75) is 18.9 Å². The van der Waals surface area contributed by atoms with E-state index in [0.29, 0.717) is 10.6 Å². The van der Waals surface area contributed by atoms with E-state index < -0.39 is 0 Å². The summed E-state index contributed by atoms with van der Waals surface area (Å²) in [6.45, 7) is 3.79. The third kappa shape index (κ3) is 3.21. The Morgan fingerprint density at radius 3 is 2.88 bits per heavy atom. The van der Waals surface area contributed by atoms with Gasteiger partial charge in [-0.3, -0.25) is 4.79 Å². The van der Waals surface area contributed by atoms with Gasteiger partial charge in [0.25, 0.3) is 5.91 Å². The molecule has 1 amide bonds. The minimum atomic E-state index is -0.161. The topological polar surface area (TPSA) is 41.1 Å². The van der Waals surface area contributed by atoms with Crippen molar-refractivity contribution in [3.63, 3.8) is 0 Å². The lowest BCUT2D eigenvalue weighted by Crippen LogP contribution is -2.47. The largest absolute Gasteiger partial charge is 0.346 e. The van der Waals surface area contributed by atoms with E-state index in [1.165, 1.54) is 0 Å². The number of hydrogen-bond acceptors (Lipinski definition) is 2. The lowest BCUT2D eigenvalue weighted by molar-refractivity contribution is 0.0913. The van der Waals surface area contributed by atoms with Gasteiger partial charge in [0.05, 0.1) is 5.54 Å². The van der Waals surface area contributed by atoms with Crippen LogP contribution >= 0.6 is 27.5 Å². The second-order valence-electron chi connectivity index (χ2n) is 4.60. The van der Waals surface area contributed by atoms with Crippen LogP contribution in [0.1, 0.15) is 23.7 Å². The van der Waals surface area contributed by atoms with Crippen molar-refractivity contribution in [2.24, 2.45) is 0 Å². The van der Waals surface area contributed by atoms with E-state index >= 15 is 0 Å². The van der Waals surface area contributed by atoms with Crippen LogP contribution in [0.4, 0.5) is 0 Å². The zero-order chi connectivity index (χ0) is 12.5. The van der Waals surface area contributed by atoms with E-state index in [2.05, 4.69) is 26.6 Å². The van der Waals surface area contributed by atoms with Crippen LogP contribution < -0.4 is 10.6 Å². The second-order valence-corrected chi connectivity index (χ2v) is 5.95. The minimum Gasteiger partial charge on any atom is -0.346 e. The molecule has 1 saturated heterocycles. The van der Waals surface area contributed by atoms with Crippen molar-refractivity contribution in [1.82, 2.24) is 10.6 Å². The highest BCUT2D eigenvalue weighted by Crippen LogP contribution is 2.21. The van der Waals surface area contributed by atoms with Gasteiger partial charge < -0.3 is 10.6 Å². The highest BCUT2D eigenvalue weighted by atomic mass is 79.9. The maximum Gasteiger partial charge on any atom is 0.251 e. The van der Waals surface area contributed by atoms with Gasteiger partial charge in [0.1, 0.15) is 0 Å². The van der Waals surface area contributed by atoms with Gasteiger partial charge in [-0.15, -0.1) is 0 Å². The van der Waals surface area contributed by atoms with E-state index in [4.69, 9.17) is 11.6 Å². The minimum absolute atomic E-state index is 0.0839. The summed E-state index contributed by atoms with van der Waals surface area (Å²) in [7, 11) is 0. The molecule has 1 atom stereocenters.